The van der Waals surface area contributed by atoms with Gasteiger partial charge in [-0.1, -0.05) is 12.1 Å². The highest BCUT2D eigenvalue weighted by atomic mass is 19.1. The van der Waals surface area contributed by atoms with Gasteiger partial charge in [0.2, 0.25) is 0 Å². The van der Waals surface area contributed by atoms with Crippen molar-refractivity contribution >= 4 is 23.1 Å². The Morgan fingerprint density at radius 3 is 2.82 bits per heavy atom. The van der Waals surface area contributed by atoms with Crippen molar-refractivity contribution in [2.24, 2.45) is 5.11 Å². The lowest BCUT2D eigenvalue weighted by atomic mass is 10.0. The summed E-state index contributed by atoms with van der Waals surface area (Å²) in [6.07, 6.45) is 4.04. The van der Waals surface area contributed by atoms with Crippen LogP contribution in [0.3, 0.4) is 0 Å². The van der Waals surface area contributed by atoms with Crippen LogP contribution in [0.25, 0.3) is 10.4 Å². The predicted molar refractivity (Wildman–Crippen MR) is 101 cm³/mol. The van der Waals surface area contributed by atoms with Gasteiger partial charge in [0, 0.05) is 29.6 Å². The van der Waals surface area contributed by atoms with Crippen molar-refractivity contribution in [2.75, 3.05) is 11.1 Å². The number of anilines is 2. The lowest BCUT2D eigenvalue weighted by Gasteiger charge is -2.10. The molecule has 0 radical (unpaired) electrons. The highest BCUT2D eigenvalue weighted by Crippen LogP contribution is 2.18. The molecule has 3 N–H and O–H groups in total. The lowest BCUT2D eigenvalue weighted by Crippen LogP contribution is -2.09. The van der Waals surface area contributed by atoms with Gasteiger partial charge in [0.15, 0.2) is 5.78 Å². The number of Topliss-reactive ketones (excluding diaryl/α,β-unsaturated/α-hetero) is 1. The van der Waals surface area contributed by atoms with Gasteiger partial charge in [0.25, 0.3) is 0 Å². The number of ketones is 1. The molecule has 0 unspecified atom stereocenters. The molecular weight excluding hydrogens is 363 g/mol. The van der Waals surface area contributed by atoms with Crippen LogP contribution in [0.5, 0.6) is 0 Å². The number of hydrogen-bond acceptors (Lipinski definition) is 7. The van der Waals surface area contributed by atoms with Gasteiger partial charge < -0.3 is 11.1 Å². The second-order valence-electron chi connectivity index (χ2n) is 5.76. The first-order valence-corrected chi connectivity index (χ1v) is 8.19. The summed E-state index contributed by atoms with van der Waals surface area (Å²) >= 11 is 0. The number of carbonyl (C=O) groups excluding carboxylic acids is 1. The van der Waals surface area contributed by atoms with E-state index in [1.165, 1.54) is 24.5 Å². The van der Waals surface area contributed by atoms with Crippen molar-refractivity contribution in [3.63, 3.8) is 0 Å². The van der Waals surface area contributed by atoms with Gasteiger partial charge in [0.05, 0.1) is 18.1 Å². The summed E-state index contributed by atoms with van der Waals surface area (Å²) in [5, 5.41) is 6.32. The van der Waals surface area contributed by atoms with Crippen LogP contribution in [0.1, 0.15) is 21.6 Å². The topological polar surface area (TPSA) is 143 Å². The Morgan fingerprint density at radius 2 is 2.11 bits per heavy atom. The van der Waals surface area contributed by atoms with E-state index in [0.29, 0.717) is 22.6 Å². The van der Waals surface area contributed by atoms with Gasteiger partial charge in [-0.15, -0.1) is 0 Å². The largest absolute Gasteiger partial charge is 0.382 e. The minimum atomic E-state index is -0.398. The summed E-state index contributed by atoms with van der Waals surface area (Å²) in [5.74, 6) is -0.299. The first-order chi connectivity index (χ1) is 13.6. The Kier molecular flexibility index (Phi) is 5.73. The first kappa shape index (κ1) is 18.7. The van der Waals surface area contributed by atoms with E-state index in [0.717, 1.165) is 0 Å². The molecule has 0 bridgehead atoms. The summed E-state index contributed by atoms with van der Waals surface area (Å²) in [6.45, 7) is 0.185. The standard InChI is InChI=1S/C18H15FN8O/c19-13-4-3-11(6-12(13)8-23-14-2-1-5-22-18(14)20)7-16(28)15-9-25-17(10-24-15)26-27-21/h1-6,9-10,23H,7-8H2,(H2,20,22). The molecule has 3 rings (SSSR count). The Labute approximate surface area is 159 Å². The van der Waals surface area contributed by atoms with Crippen LogP contribution in [0, 0.1) is 5.82 Å². The molecule has 0 saturated carbocycles. The Morgan fingerprint density at radius 1 is 1.25 bits per heavy atom. The third kappa shape index (κ3) is 4.57. The van der Waals surface area contributed by atoms with Crippen LogP contribution in [0.15, 0.2) is 54.0 Å². The van der Waals surface area contributed by atoms with Crippen molar-refractivity contribution in [3.8, 4) is 0 Å². The Bertz CT molecular complexity index is 1050. The van der Waals surface area contributed by atoms with E-state index in [4.69, 9.17) is 11.3 Å². The molecule has 3 aromatic rings. The van der Waals surface area contributed by atoms with Gasteiger partial charge in [-0.2, -0.15) is 0 Å². The minimum Gasteiger partial charge on any atom is -0.382 e. The zero-order valence-corrected chi connectivity index (χ0v) is 14.6. The molecule has 9 nitrogen and oxygen atoms in total. The van der Waals surface area contributed by atoms with Crippen LogP contribution >= 0.6 is 0 Å². The molecule has 28 heavy (non-hydrogen) atoms. The van der Waals surface area contributed by atoms with Gasteiger partial charge in [0.1, 0.15) is 23.1 Å². The zero-order chi connectivity index (χ0) is 19.9. The summed E-state index contributed by atoms with van der Waals surface area (Å²) in [4.78, 5) is 26.7. The lowest BCUT2D eigenvalue weighted by molar-refractivity contribution is 0.0988. The fraction of sp³-hybridized carbons (Fsp3) is 0.111. The van der Waals surface area contributed by atoms with E-state index < -0.39 is 5.82 Å². The fourth-order valence-electron chi connectivity index (χ4n) is 2.47. The molecule has 2 heterocycles. The highest BCUT2D eigenvalue weighted by molar-refractivity contribution is 5.95. The monoisotopic (exact) mass is 378 g/mol. The maximum atomic E-state index is 14.1. The van der Waals surface area contributed by atoms with E-state index in [1.807, 2.05) is 0 Å². The summed E-state index contributed by atoms with van der Waals surface area (Å²) in [6, 6.07) is 7.92. The van der Waals surface area contributed by atoms with Crippen LogP contribution < -0.4 is 11.1 Å². The molecule has 0 fully saturated rings. The third-order valence-electron chi connectivity index (χ3n) is 3.85. The molecule has 0 spiro atoms. The second kappa shape index (κ2) is 8.56. The third-order valence-corrected chi connectivity index (χ3v) is 3.85. The number of nitrogens with zero attached hydrogens (tertiary/aromatic N) is 6. The second-order valence-corrected chi connectivity index (χ2v) is 5.76. The van der Waals surface area contributed by atoms with Crippen molar-refractivity contribution in [3.05, 3.63) is 82.0 Å². The number of benzene rings is 1. The van der Waals surface area contributed by atoms with Gasteiger partial charge in [-0.3, -0.25) is 9.78 Å². The number of nitrogen functional groups attached to an aromatic ring is 1. The number of azide groups is 1. The SMILES string of the molecule is [N-]=[N+]=Nc1cnc(C(=O)Cc2ccc(F)c(CNc3cccnc3N)c2)cn1. The smallest absolute Gasteiger partial charge is 0.187 e. The van der Waals surface area contributed by atoms with Crippen LogP contribution in [0.2, 0.25) is 0 Å². The molecule has 0 saturated heterocycles. The normalized spacial score (nSPS) is 10.2. The summed E-state index contributed by atoms with van der Waals surface area (Å²) < 4.78 is 14.1. The van der Waals surface area contributed by atoms with Crippen LogP contribution in [-0.2, 0) is 13.0 Å². The van der Waals surface area contributed by atoms with Crippen molar-refractivity contribution in [1.29, 1.82) is 0 Å². The maximum Gasteiger partial charge on any atom is 0.187 e. The average Bonchev–Trinajstić information content (AvgIpc) is 2.70. The molecule has 0 amide bonds. The summed E-state index contributed by atoms with van der Waals surface area (Å²) in [5.41, 5.74) is 15.9. The number of carbonyl (C=O) groups is 1. The van der Waals surface area contributed by atoms with Crippen molar-refractivity contribution in [2.45, 2.75) is 13.0 Å². The molecular formula is C18H15FN8O. The molecule has 0 aliphatic heterocycles. The molecule has 10 heteroatoms. The van der Waals surface area contributed by atoms with E-state index in [1.54, 1.807) is 24.4 Å². The quantitative estimate of drug-likeness (QED) is 0.278. The van der Waals surface area contributed by atoms with Crippen LogP contribution in [0.4, 0.5) is 21.7 Å². The predicted octanol–water partition coefficient (Wildman–Crippen LogP) is 3.57. The molecule has 0 aliphatic rings. The van der Waals surface area contributed by atoms with E-state index in [-0.39, 0.29) is 30.3 Å². The molecule has 140 valence electrons. The maximum absolute atomic E-state index is 14.1. The molecule has 0 atom stereocenters. The number of halogens is 1. The van der Waals surface area contributed by atoms with Crippen molar-refractivity contribution < 1.29 is 9.18 Å². The molecule has 1 aromatic carbocycles. The number of hydrogen-bond donors (Lipinski definition) is 2. The van der Waals surface area contributed by atoms with Gasteiger partial charge >= 0.3 is 0 Å². The number of pyridine rings is 1. The fourth-order valence-corrected chi connectivity index (χ4v) is 2.47. The summed E-state index contributed by atoms with van der Waals surface area (Å²) in [7, 11) is 0. The first-order valence-electron chi connectivity index (χ1n) is 8.19. The van der Waals surface area contributed by atoms with E-state index in [9.17, 15) is 9.18 Å². The number of nitrogens with one attached hydrogen (secondary N) is 1. The van der Waals surface area contributed by atoms with Gasteiger partial charge in [-0.05, 0) is 34.4 Å². The Hall–Kier alpha value is -4.04. The van der Waals surface area contributed by atoms with Crippen molar-refractivity contribution in [1.82, 2.24) is 15.0 Å². The zero-order valence-electron chi connectivity index (χ0n) is 14.6. The highest BCUT2D eigenvalue weighted by Gasteiger charge is 2.12. The molecule has 2 aromatic heterocycles. The van der Waals surface area contributed by atoms with E-state index >= 15 is 0 Å². The number of aromatic nitrogens is 3. The number of nitrogens with two attached hydrogens (primary N) is 1. The number of rotatable bonds is 7. The minimum absolute atomic E-state index is 0.0257. The Balaban J connectivity index is 1.71. The average molecular weight is 378 g/mol. The molecule has 0 aliphatic carbocycles. The van der Waals surface area contributed by atoms with Gasteiger partial charge in [-0.25, -0.2) is 14.4 Å². The van der Waals surface area contributed by atoms with Crippen LogP contribution in [-0.4, -0.2) is 20.7 Å². The van der Waals surface area contributed by atoms with E-state index in [2.05, 4.69) is 30.3 Å².